The maximum atomic E-state index is 14.1. The fraction of sp³-hybridized carbons (Fsp3) is 0.188. The van der Waals surface area contributed by atoms with Gasteiger partial charge in [0.05, 0.1) is 4.90 Å². The lowest BCUT2D eigenvalue weighted by atomic mass is 10.1. The number of phenols is 1. The summed E-state index contributed by atoms with van der Waals surface area (Å²) >= 11 is 0. The molecule has 2 rings (SSSR count). The molecule has 0 aliphatic heterocycles. The van der Waals surface area contributed by atoms with Crippen molar-refractivity contribution in [2.24, 2.45) is 0 Å². The number of halogens is 1. The van der Waals surface area contributed by atoms with Gasteiger partial charge in [0.2, 0.25) is 5.91 Å². The van der Waals surface area contributed by atoms with Crippen LogP contribution < -0.4 is 9.46 Å². The maximum absolute atomic E-state index is 14.1. The van der Waals surface area contributed by atoms with Crippen molar-refractivity contribution in [3.63, 3.8) is 0 Å². The fourth-order valence-electron chi connectivity index (χ4n) is 1.97. The number of nitrogens with one attached hydrogen (secondary N) is 1. The third-order valence-electron chi connectivity index (χ3n) is 3.14. The van der Waals surface area contributed by atoms with Crippen LogP contribution in [0.25, 0.3) is 0 Å². The van der Waals surface area contributed by atoms with Crippen LogP contribution in [0.2, 0.25) is 0 Å². The van der Waals surface area contributed by atoms with Crippen LogP contribution in [0.5, 0.6) is 17.2 Å². The lowest BCUT2D eigenvalue weighted by Crippen LogP contribution is -2.28. The van der Waals surface area contributed by atoms with Crippen LogP contribution >= 0.6 is 0 Å². The highest BCUT2D eigenvalue weighted by atomic mass is 32.2. The van der Waals surface area contributed by atoms with Gasteiger partial charge in [-0.1, -0.05) is 13.0 Å². The fourth-order valence-corrected chi connectivity index (χ4v) is 2.97. The van der Waals surface area contributed by atoms with Gasteiger partial charge in [0.15, 0.2) is 23.1 Å². The number of carbonyl (C=O) groups is 1. The third kappa shape index (κ3) is 4.02. The molecule has 24 heavy (non-hydrogen) atoms. The highest BCUT2D eigenvalue weighted by molar-refractivity contribution is 7.90. The summed E-state index contributed by atoms with van der Waals surface area (Å²) in [6, 6.07) is 7.66. The monoisotopic (exact) mass is 353 g/mol. The van der Waals surface area contributed by atoms with Crippen molar-refractivity contribution >= 4 is 15.9 Å². The molecule has 0 unspecified atom stereocenters. The molecule has 8 heteroatoms. The Morgan fingerprint density at radius 3 is 2.42 bits per heavy atom. The Kier molecular flexibility index (Phi) is 5.08. The Morgan fingerprint density at radius 1 is 1.21 bits per heavy atom. The molecule has 2 N–H and O–H groups in total. The van der Waals surface area contributed by atoms with Crippen LogP contribution in [0.1, 0.15) is 19.4 Å². The van der Waals surface area contributed by atoms with Crippen LogP contribution in [-0.4, -0.2) is 19.4 Å². The molecule has 0 aromatic heterocycles. The van der Waals surface area contributed by atoms with Gasteiger partial charge in [0.1, 0.15) is 0 Å². The van der Waals surface area contributed by atoms with E-state index in [2.05, 4.69) is 0 Å². The molecule has 6 nitrogen and oxygen atoms in total. The number of amides is 1. The molecule has 1 amide bonds. The first-order valence-corrected chi connectivity index (χ1v) is 8.54. The standard InChI is InChI=1S/C16H16FNO5S/c1-3-11-4-6-16(14(20)8-11)23-15-7-5-12(9-13(15)17)24(21,22)18-10(2)19/h4-9,20H,3H2,1-2H3,(H,18,19). The largest absolute Gasteiger partial charge is 0.504 e. The predicted octanol–water partition coefficient (Wildman–Crippen LogP) is 2.71. The zero-order valence-corrected chi connectivity index (χ0v) is 13.9. The van der Waals surface area contributed by atoms with Crippen LogP contribution in [-0.2, 0) is 21.2 Å². The minimum Gasteiger partial charge on any atom is -0.504 e. The first-order chi connectivity index (χ1) is 11.2. The van der Waals surface area contributed by atoms with Crippen molar-refractivity contribution in [1.82, 2.24) is 4.72 Å². The van der Waals surface area contributed by atoms with Gasteiger partial charge < -0.3 is 9.84 Å². The number of sulfonamides is 1. The van der Waals surface area contributed by atoms with Crippen LogP contribution in [0.4, 0.5) is 4.39 Å². The van der Waals surface area contributed by atoms with E-state index in [0.717, 1.165) is 37.1 Å². The number of phenolic OH excluding ortho intramolecular Hbond substituents is 1. The molecule has 0 aliphatic carbocycles. The van der Waals surface area contributed by atoms with Crippen LogP contribution in [0, 0.1) is 5.82 Å². The topological polar surface area (TPSA) is 92.7 Å². The van der Waals surface area contributed by atoms with Gasteiger partial charge in [-0.15, -0.1) is 0 Å². The maximum Gasteiger partial charge on any atom is 0.264 e. The molecular formula is C16H16FNO5S. The molecule has 0 heterocycles. The van der Waals surface area contributed by atoms with E-state index < -0.39 is 26.6 Å². The van der Waals surface area contributed by atoms with E-state index >= 15 is 0 Å². The lowest BCUT2D eigenvalue weighted by Gasteiger charge is -2.11. The summed E-state index contributed by atoms with van der Waals surface area (Å²) in [7, 11) is -4.13. The van der Waals surface area contributed by atoms with Crippen molar-refractivity contribution in [2.75, 3.05) is 0 Å². The Morgan fingerprint density at radius 2 is 1.88 bits per heavy atom. The van der Waals surface area contributed by atoms with E-state index in [1.165, 1.54) is 12.1 Å². The quantitative estimate of drug-likeness (QED) is 0.862. The van der Waals surface area contributed by atoms with Gasteiger partial charge >= 0.3 is 0 Å². The molecule has 0 saturated carbocycles. The second kappa shape index (κ2) is 6.88. The summed E-state index contributed by atoms with van der Waals surface area (Å²) in [6.07, 6.45) is 0.720. The van der Waals surface area contributed by atoms with Crippen molar-refractivity contribution in [3.8, 4) is 17.2 Å². The predicted molar refractivity (Wildman–Crippen MR) is 85.0 cm³/mol. The summed E-state index contributed by atoms with van der Waals surface area (Å²) < 4.78 is 44.7. The van der Waals surface area contributed by atoms with Gasteiger partial charge in [-0.05, 0) is 42.3 Å². The SMILES string of the molecule is CCc1ccc(Oc2ccc(S(=O)(=O)NC(C)=O)cc2F)c(O)c1. The Hall–Kier alpha value is -2.61. The van der Waals surface area contributed by atoms with Crippen molar-refractivity contribution in [2.45, 2.75) is 25.2 Å². The second-order valence-corrected chi connectivity index (χ2v) is 6.69. The van der Waals surface area contributed by atoms with Crippen LogP contribution in [0.15, 0.2) is 41.3 Å². The molecule has 2 aromatic carbocycles. The lowest BCUT2D eigenvalue weighted by molar-refractivity contribution is -0.117. The average Bonchev–Trinajstić information content (AvgIpc) is 2.49. The molecule has 0 radical (unpaired) electrons. The Labute approximate surface area is 138 Å². The van der Waals surface area contributed by atoms with E-state index in [1.807, 2.05) is 6.92 Å². The smallest absolute Gasteiger partial charge is 0.264 e. The molecule has 0 saturated heterocycles. The average molecular weight is 353 g/mol. The van der Waals surface area contributed by atoms with E-state index in [-0.39, 0.29) is 17.2 Å². The third-order valence-corrected chi connectivity index (χ3v) is 4.57. The van der Waals surface area contributed by atoms with Crippen molar-refractivity contribution in [3.05, 3.63) is 47.8 Å². The first kappa shape index (κ1) is 17.7. The van der Waals surface area contributed by atoms with Crippen LogP contribution in [0.3, 0.4) is 0 Å². The van der Waals surface area contributed by atoms with Gasteiger partial charge in [0.25, 0.3) is 10.0 Å². The molecule has 0 fully saturated rings. The van der Waals surface area contributed by atoms with Gasteiger partial charge in [-0.2, -0.15) is 0 Å². The van der Waals surface area contributed by atoms with Gasteiger partial charge in [-0.25, -0.2) is 17.5 Å². The zero-order chi connectivity index (χ0) is 17.9. The number of benzene rings is 2. The summed E-state index contributed by atoms with van der Waals surface area (Å²) in [6.45, 7) is 2.96. The number of hydrogen-bond donors (Lipinski definition) is 2. The van der Waals surface area contributed by atoms with E-state index in [1.54, 1.807) is 10.8 Å². The second-order valence-electron chi connectivity index (χ2n) is 5.01. The number of ether oxygens (including phenoxy) is 1. The number of aryl methyl sites for hydroxylation is 1. The summed E-state index contributed by atoms with van der Waals surface area (Å²) in [4.78, 5) is 10.5. The molecule has 0 bridgehead atoms. The van der Waals surface area contributed by atoms with E-state index in [0.29, 0.717) is 0 Å². The van der Waals surface area contributed by atoms with E-state index in [9.17, 15) is 22.7 Å². The number of aromatic hydroxyl groups is 1. The van der Waals surface area contributed by atoms with Gasteiger partial charge in [-0.3, -0.25) is 4.79 Å². The minimum atomic E-state index is -4.13. The number of hydrogen-bond acceptors (Lipinski definition) is 5. The van der Waals surface area contributed by atoms with Crippen molar-refractivity contribution < 1.29 is 27.4 Å². The summed E-state index contributed by atoms with van der Waals surface area (Å²) in [5.41, 5.74) is 0.886. The molecular weight excluding hydrogens is 337 g/mol. The van der Waals surface area contributed by atoms with Gasteiger partial charge in [0, 0.05) is 6.92 Å². The molecule has 0 spiro atoms. The minimum absolute atomic E-state index is 0.0450. The summed E-state index contributed by atoms with van der Waals surface area (Å²) in [5.74, 6) is -2.08. The normalized spacial score (nSPS) is 11.1. The molecule has 0 atom stereocenters. The molecule has 0 aliphatic rings. The van der Waals surface area contributed by atoms with E-state index in [4.69, 9.17) is 4.74 Å². The highest BCUT2D eigenvalue weighted by Crippen LogP contribution is 2.33. The Balaban J connectivity index is 2.29. The number of rotatable bonds is 5. The molecule has 128 valence electrons. The van der Waals surface area contributed by atoms with Crippen molar-refractivity contribution in [1.29, 1.82) is 0 Å². The highest BCUT2D eigenvalue weighted by Gasteiger charge is 2.18. The number of carbonyl (C=O) groups excluding carboxylic acids is 1. The Bertz CT molecular complexity index is 880. The first-order valence-electron chi connectivity index (χ1n) is 7.05. The molecule has 2 aromatic rings. The summed E-state index contributed by atoms with van der Waals surface area (Å²) in [5, 5.41) is 9.87. The zero-order valence-electron chi connectivity index (χ0n) is 13.0.